The molecule has 5 nitrogen and oxygen atoms in total. The summed E-state index contributed by atoms with van der Waals surface area (Å²) >= 11 is 0. The quantitative estimate of drug-likeness (QED) is 0.829. The fraction of sp³-hybridized carbons (Fsp3) is 0.429. The predicted molar refractivity (Wildman–Crippen MR) is 72.4 cm³/mol. The van der Waals surface area contributed by atoms with E-state index in [9.17, 15) is 14.0 Å². The molecule has 0 aliphatic heterocycles. The Morgan fingerprint density at radius 1 is 1.35 bits per heavy atom. The van der Waals surface area contributed by atoms with E-state index in [4.69, 9.17) is 10.8 Å². The van der Waals surface area contributed by atoms with Gasteiger partial charge in [0.1, 0.15) is 5.82 Å². The van der Waals surface area contributed by atoms with E-state index >= 15 is 0 Å². The number of benzene rings is 1. The average molecular weight is 282 g/mol. The molecule has 1 aromatic rings. The van der Waals surface area contributed by atoms with Gasteiger partial charge in [-0.2, -0.15) is 0 Å². The molecule has 0 heterocycles. The molecule has 2 unspecified atom stereocenters. The lowest BCUT2D eigenvalue weighted by Crippen LogP contribution is -2.45. The Morgan fingerprint density at radius 3 is 2.35 bits per heavy atom. The van der Waals surface area contributed by atoms with Crippen LogP contribution in [0.1, 0.15) is 31.9 Å². The summed E-state index contributed by atoms with van der Waals surface area (Å²) in [7, 11) is 0. The second-order valence-electron chi connectivity index (χ2n) is 4.56. The van der Waals surface area contributed by atoms with Crippen molar-refractivity contribution in [3.63, 3.8) is 0 Å². The van der Waals surface area contributed by atoms with Crippen LogP contribution in [0, 0.1) is 5.82 Å². The van der Waals surface area contributed by atoms with Crippen LogP contribution < -0.4 is 5.73 Å². The standard InChI is InChI=1S/C14H19FN2O3/c1-3-17(14(20)12(16)8-13(18)19)9(2)10-4-6-11(15)7-5-10/h4-7,9,12H,3,8,16H2,1-2H3,(H,18,19). The van der Waals surface area contributed by atoms with Crippen molar-refractivity contribution in [2.45, 2.75) is 32.4 Å². The van der Waals surface area contributed by atoms with Gasteiger partial charge in [0.2, 0.25) is 5.91 Å². The molecule has 0 saturated heterocycles. The molecule has 0 aliphatic carbocycles. The maximum atomic E-state index is 12.9. The fourth-order valence-corrected chi connectivity index (χ4v) is 2.03. The van der Waals surface area contributed by atoms with Crippen molar-refractivity contribution in [3.05, 3.63) is 35.6 Å². The molecule has 0 bridgehead atoms. The summed E-state index contributed by atoms with van der Waals surface area (Å²) in [4.78, 5) is 24.3. The molecule has 6 heteroatoms. The minimum absolute atomic E-state index is 0.298. The second-order valence-corrected chi connectivity index (χ2v) is 4.56. The molecule has 1 aromatic carbocycles. The lowest BCUT2D eigenvalue weighted by Gasteiger charge is -2.30. The van der Waals surface area contributed by atoms with E-state index in [1.165, 1.54) is 17.0 Å². The zero-order valence-corrected chi connectivity index (χ0v) is 11.5. The number of carbonyl (C=O) groups is 2. The Morgan fingerprint density at radius 2 is 1.90 bits per heavy atom. The van der Waals surface area contributed by atoms with Crippen LogP contribution in [0.5, 0.6) is 0 Å². The van der Waals surface area contributed by atoms with Gasteiger partial charge in [-0.15, -0.1) is 0 Å². The van der Waals surface area contributed by atoms with E-state index in [1.807, 2.05) is 0 Å². The van der Waals surface area contributed by atoms with Crippen molar-refractivity contribution >= 4 is 11.9 Å². The molecule has 0 radical (unpaired) electrons. The number of rotatable bonds is 6. The number of aliphatic carboxylic acids is 1. The molecule has 0 spiro atoms. The van der Waals surface area contributed by atoms with Crippen molar-refractivity contribution in [3.8, 4) is 0 Å². The Bertz CT molecular complexity index is 476. The molecular formula is C14H19FN2O3. The Kier molecular flexibility index (Phi) is 5.64. The summed E-state index contributed by atoms with van der Waals surface area (Å²) < 4.78 is 12.9. The molecular weight excluding hydrogens is 263 g/mol. The third-order valence-corrected chi connectivity index (χ3v) is 3.16. The van der Waals surface area contributed by atoms with Gasteiger partial charge in [0.15, 0.2) is 0 Å². The van der Waals surface area contributed by atoms with Crippen LogP contribution in [0.15, 0.2) is 24.3 Å². The van der Waals surface area contributed by atoms with Crippen molar-refractivity contribution < 1.29 is 19.1 Å². The molecule has 110 valence electrons. The molecule has 20 heavy (non-hydrogen) atoms. The number of carboxylic acid groups (broad SMARTS) is 1. The number of nitrogens with two attached hydrogens (primary N) is 1. The number of halogens is 1. The minimum atomic E-state index is -1.11. The number of hydrogen-bond acceptors (Lipinski definition) is 3. The third kappa shape index (κ3) is 4.03. The SMILES string of the molecule is CCN(C(=O)C(N)CC(=O)O)C(C)c1ccc(F)cc1. The van der Waals surface area contributed by atoms with E-state index in [2.05, 4.69) is 0 Å². The lowest BCUT2D eigenvalue weighted by atomic mass is 10.1. The van der Waals surface area contributed by atoms with Crippen molar-refractivity contribution in [1.82, 2.24) is 4.90 Å². The topological polar surface area (TPSA) is 83.6 Å². The van der Waals surface area contributed by atoms with Crippen LogP contribution in [0.3, 0.4) is 0 Å². The van der Waals surface area contributed by atoms with E-state index < -0.39 is 24.3 Å². The highest BCUT2D eigenvalue weighted by Crippen LogP contribution is 2.21. The van der Waals surface area contributed by atoms with Gasteiger partial charge < -0.3 is 15.7 Å². The second kappa shape index (κ2) is 7.00. The fourth-order valence-electron chi connectivity index (χ4n) is 2.03. The summed E-state index contributed by atoms with van der Waals surface area (Å²) in [6.07, 6.45) is -0.411. The van der Waals surface area contributed by atoms with E-state index in [1.54, 1.807) is 26.0 Å². The first-order chi connectivity index (χ1) is 9.36. The van der Waals surface area contributed by atoms with Gasteiger partial charge in [0, 0.05) is 6.54 Å². The zero-order chi connectivity index (χ0) is 15.3. The normalized spacial score (nSPS) is 13.6. The first-order valence-electron chi connectivity index (χ1n) is 6.40. The van der Waals surface area contributed by atoms with Gasteiger partial charge in [0.05, 0.1) is 18.5 Å². The highest BCUT2D eigenvalue weighted by atomic mass is 19.1. The molecule has 0 fully saturated rings. The molecule has 0 aliphatic rings. The highest BCUT2D eigenvalue weighted by molar-refractivity contribution is 5.86. The number of likely N-dealkylation sites (N-methyl/N-ethyl adjacent to an activating group) is 1. The van der Waals surface area contributed by atoms with E-state index in [-0.39, 0.29) is 11.9 Å². The van der Waals surface area contributed by atoms with Gasteiger partial charge >= 0.3 is 5.97 Å². The van der Waals surface area contributed by atoms with Crippen LogP contribution >= 0.6 is 0 Å². The maximum Gasteiger partial charge on any atom is 0.305 e. The summed E-state index contributed by atoms with van der Waals surface area (Å²) in [6.45, 7) is 3.97. The number of amides is 1. The summed E-state index contributed by atoms with van der Waals surface area (Å²) in [6, 6.07) is 4.46. The van der Waals surface area contributed by atoms with Crippen LogP contribution in [-0.2, 0) is 9.59 Å². The molecule has 1 rings (SSSR count). The van der Waals surface area contributed by atoms with Crippen LogP contribution in [0.2, 0.25) is 0 Å². The van der Waals surface area contributed by atoms with Crippen LogP contribution in [-0.4, -0.2) is 34.5 Å². The number of hydrogen-bond donors (Lipinski definition) is 2. The van der Waals surface area contributed by atoms with E-state index in [0.29, 0.717) is 6.54 Å². The zero-order valence-electron chi connectivity index (χ0n) is 11.5. The third-order valence-electron chi connectivity index (χ3n) is 3.16. The van der Waals surface area contributed by atoms with Gasteiger partial charge in [-0.1, -0.05) is 12.1 Å². The first-order valence-corrected chi connectivity index (χ1v) is 6.40. The van der Waals surface area contributed by atoms with Gasteiger partial charge in [-0.05, 0) is 31.5 Å². The van der Waals surface area contributed by atoms with Crippen LogP contribution in [0.25, 0.3) is 0 Å². The maximum absolute atomic E-state index is 12.9. The molecule has 3 N–H and O–H groups in total. The van der Waals surface area contributed by atoms with Crippen molar-refractivity contribution in [1.29, 1.82) is 0 Å². The first kappa shape index (κ1) is 16.1. The van der Waals surface area contributed by atoms with Gasteiger partial charge in [-0.25, -0.2) is 4.39 Å². The molecule has 1 amide bonds. The van der Waals surface area contributed by atoms with Crippen LogP contribution in [0.4, 0.5) is 4.39 Å². The average Bonchev–Trinajstić information content (AvgIpc) is 2.39. The van der Waals surface area contributed by atoms with Gasteiger partial charge in [-0.3, -0.25) is 9.59 Å². The molecule has 0 aromatic heterocycles. The smallest absolute Gasteiger partial charge is 0.305 e. The molecule has 0 saturated carbocycles. The Balaban J connectivity index is 2.86. The Hall–Kier alpha value is -1.95. The van der Waals surface area contributed by atoms with E-state index in [0.717, 1.165) is 5.56 Å². The summed E-state index contributed by atoms with van der Waals surface area (Å²) in [5.41, 5.74) is 6.37. The predicted octanol–water partition coefficient (Wildman–Crippen LogP) is 1.54. The Labute approximate surface area is 117 Å². The largest absolute Gasteiger partial charge is 0.481 e. The summed E-state index contributed by atoms with van der Waals surface area (Å²) in [5.74, 6) is -1.89. The monoisotopic (exact) mass is 282 g/mol. The number of carbonyl (C=O) groups excluding carboxylic acids is 1. The molecule has 2 atom stereocenters. The van der Waals surface area contributed by atoms with Crippen molar-refractivity contribution in [2.24, 2.45) is 5.73 Å². The number of carboxylic acids is 1. The minimum Gasteiger partial charge on any atom is -0.481 e. The van der Waals surface area contributed by atoms with Crippen molar-refractivity contribution in [2.75, 3.05) is 6.54 Å². The highest BCUT2D eigenvalue weighted by Gasteiger charge is 2.26. The summed E-state index contributed by atoms with van der Waals surface area (Å²) in [5, 5.41) is 8.68. The van der Waals surface area contributed by atoms with Gasteiger partial charge in [0.25, 0.3) is 0 Å². The number of nitrogens with zero attached hydrogens (tertiary/aromatic N) is 1. The lowest BCUT2D eigenvalue weighted by molar-refractivity contribution is -0.142.